The summed E-state index contributed by atoms with van der Waals surface area (Å²) in [5.41, 5.74) is -1.57. The second-order valence-electron chi connectivity index (χ2n) is 7.32. The van der Waals surface area contributed by atoms with Gasteiger partial charge in [-0.2, -0.15) is 0 Å². The molecule has 11 heteroatoms. The number of ether oxygens (including phenoxy) is 1. The summed E-state index contributed by atoms with van der Waals surface area (Å²) in [6.07, 6.45) is 1.25. The predicted molar refractivity (Wildman–Crippen MR) is 99.9 cm³/mol. The zero-order valence-electron chi connectivity index (χ0n) is 17.0. The third kappa shape index (κ3) is 4.25. The smallest absolute Gasteiger partial charge is 0.503 e. The number of carbonyl (C=O) groups is 2. The molecule has 2 aliphatic heterocycles. The Hall–Kier alpha value is -2.27. The monoisotopic (exact) mass is 442 g/mol. The van der Waals surface area contributed by atoms with Crippen LogP contribution in [0, 0.1) is 11.6 Å². The van der Waals surface area contributed by atoms with Crippen LogP contribution in [0.3, 0.4) is 0 Å². The first-order chi connectivity index (χ1) is 14.3. The van der Waals surface area contributed by atoms with Gasteiger partial charge in [0.2, 0.25) is 5.43 Å². The van der Waals surface area contributed by atoms with Crippen molar-refractivity contribution in [2.75, 3.05) is 6.61 Å². The van der Waals surface area contributed by atoms with Gasteiger partial charge in [0.15, 0.2) is 17.7 Å². The van der Waals surface area contributed by atoms with E-state index in [0.717, 1.165) is 6.07 Å². The Balaban J connectivity index is 0.00000272. The molecule has 0 saturated carbocycles. The average Bonchev–Trinajstić information content (AvgIpc) is 2.69. The van der Waals surface area contributed by atoms with Crippen molar-refractivity contribution in [1.29, 1.82) is 0 Å². The zero-order valence-corrected chi connectivity index (χ0v) is 19.0. The van der Waals surface area contributed by atoms with Crippen LogP contribution in [0.15, 0.2) is 29.2 Å². The van der Waals surface area contributed by atoms with Gasteiger partial charge in [0.1, 0.15) is 17.2 Å². The van der Waals surface area contributed by atoms with E-state index in [9.17, 15) is 28.3 Å². The number of pyridine rings is 1. The minimum atomic E-state index is -1.00. The van der Waals surface area contributed by atoms with E-state index < -0.39 is 46.4 Å². The van der Waals surface area contributed by atoms with E-state index >= 15 is 0 Å². The van der Waals surface area contributed by atoms with Crippen molar-refractivity contribution in [3.63, 3.8) is 0 Å². The molecule has 0 aliphatic carbocycles. The number of amides is 2. The number of rotatable bonds is 3. The van der Waals surface area contributed by atoms with Crippen molar-refractivity contribution in [2.45, 2.75) is 38.7 Å². The molecule has 1 saturated heterocycles. The number of carbonyl (C=O) groups excluding carboxylic acids is 2. The van der Waals surface area contributed by atoms with Crippen molar-refractivity contribution in [1.82, 2.24) is 14.8 Å². The van der Waals surface area contributed by atoms with Crippen LogP contribution in [0.1, 0.15) is 39.8 Å². The fraction of sp³-hybridized carbons (Fsp3) is 0.350. The van der Waals surface area contributed by atoms with E-state index in [4.69, 9.17) is 4.74 Å². The molecule has 31 heavy (non-hydrogen) atoms. The van der Waals surface area contributed by atoms with Gasteiger partial charge < -0.3 is 24.6 Å². The molecule has 4 rings (SSSR count). The Morgan fingerprint density at radius 3 is 2.77 bits per heavy atom. The molecular weight excluding hydrogens is 423 g/mol. The van der Waals surface area contributed by atoms with E-state index in [1.807, 2.05) is 6.92 Å². The van der Waals surface area contributed by atoms with Crippen LogP contribution < -0.4 is 40.3 Å². The van der Waals surface area contributed by atoms with Gasteiger partial charge in [-0.3, -0.25) is 14.4 Å². The quantitative estimate of drug-likeness (QED) is 0.556. The Morgan fingerprint density at radius 2 is 2.06 bits per heavy atom. The third-order valence-electron chi connectivity index (χ3n) is 5.38. The molecule has 0 radical (unpaired) electrons. The van der Waals surface area contributed by atoms with Gasteiger partial charge in [0, 0.05) is 30.4 Å². The van der Waals surface area contributed by atoms with E-state index in [2.05, 4.69) is 5.32 Å². The SMILES string of the molecule is C[C@@H]1CCO[C@H]2Cn3cc(C(=O)NCc4ccc(F)cc4F)c(=O)c(O)c3C(=O)N12.[Na+]. The summed E-state index contributed by atoms with van der Waals surface area (Å²) in [7, 11) is 0. The maximum atomic E-state index is 13.8. The standard InChI is InChI=1S/C20H19F2N3O5.Na/c1-10-4-5-30-15-9-24-8-13(17(26)18(27)16(24)20(29)25(10)15)19(28)23-7-11-2-3-12(21)6-14(11)22;/h2-3,6,8,10,15,27H,4-5,7,9H2,1H3,(H,23,28);/q;+1/t10-,15+;/m1./s1. The third-order valence-corrected chi connectivity index (χ3v) is 5.38. The van der Waals surface area contributed by atoms with Crippen molar-refractivity contribution in [2.24, 2.45) is 0 Å². The number of halogens is 2. The van der Waals surface area contributed by atoms with Crippen LogP contribution in [-0.2, 0) is 17.8 Å². The molecule has 0 unspecified atom stereocenters. The molecule has 2 amide bonds. The van der Waals surface area contributed by atoms with Gasteiger partial charge in [0.05, 0.1) is 13.2 Å². The summed E-state index contributed by atoms with van der Waals surface area (Å²) >= 11 is 0. The molecule has 1 aromatic carbocycles. The fourth-order valence-electron chi connectivity index (χ4n) is 3.76. The number of nitrogens with one attached hydrogen (secondary N) is 1. The Kier molecular flexibility index (Phi) is 6.85. The Bertz CT molecular complexity index is 1110. The molecule has 1 aromatic heterocycles. The van der Waals surface area contributed by atoms with Gasteiger partial charge in [-0.05, 0) is 19.4 Å². The summed E-state index contributed by atoms with van der Waals surface area (Å²) < 4.78 is 33.7. The first kappa shape index (κ1) is 23.4. The molecule has 2 atom stereocenters. The largest absolute Gasteiger partial charge is 1.00 e. The number of hydrogen-bond acceptors (Lipinski definition) is 5. The van der Waals surface area contributed by atoms with E-state index in [1.165, 1.54) is 21.7 Å². The Morgan fingerprint density at radius 1 is 1.32 bits per heavy atom. The van der Waals surface area contributed by atoms with E-state index in [-0.39, 0.29) is 59.9 Å². The van der Waals surface area contributed by atoms with Crippen LogP contribution in [0.5, 0.6) is 5.75 Å². The van der Waals surface area contributed by atoms with Gasteiger partial charge in [-0.25, -0.2) is 8.78 Å². The summed E-state index contributed by atoms with van der Waals surface area (Å²) in [6.45, 7) is 2.18. The fourth-order valence-corrected chi connectivity index (χ4v) is 3.76. The number of hydrogen-bond donors (Lipinski definition) is 2. The molecule has 2 aromatic rings. The van der Waals surface area contributed by atoms with Crippen molar-refractivity contribution >= 4 is 11.8 Å². The predicted octanol–water partition coefficient (Wildman–Crippen LogP) is -1.64. The van der Waals surface area contributed by atoms with Crippen molar-refractivity contribution in [3.05, 3.63) is 63.1 Å². The summed E-state index contributed by atoms with van der Waals surface area (Å²) in [5.74, 6) is -3.82. The first-order valence-corrected chi connectivity index (χ1v) is 9.40. The van der Waals surface area contributed by atoms with Crippen molar-refractivity contribution in [3.8, 4) is 5.75 Å². The van der Waals surface area contributed by atoms with Crippen LogP contribution in [0.4, 0.5) is 8.78 Å². The molecule has 0 bridgehead atoms. The summed E-state index contributed by atoms with van der Waals surface area (Å²) in [4.78, 5) is 39.4. The van der Waals surface area contributed by atoms with Gasteiger partial charge in [0.25, 0.3) is 11.8 Å². The molecule has 1 fully saturated rings. The van der Waals surface area contributed by atoms with Gasteiger partial charge in [-0.15, -0.1) is 0 Å². The number of fused-ring (bicyclic) bond motifs is 2. The molecular formula is C20H19F2N3NaO5+. The van der Waals surface area contributed by atoms with Gasteiger partial charge in [-0.1, -0.05) is 6.07 Å². The second kappa shape index (κ2) is 9.07. The Labute approximate surface area is 198 Å². The molecule has 2 N–H and O–H groups in total. The molecule has 3 heterocycles. The minimum Gasteiger partial charge on any atom is -0.503 e. The van der Waals surface area contributed by atoms with Crippen LogP contribution in [0.25, 0.3) is 0 Å². The summed E-state index contributed by atoms with van der Waals surface area (Å²) in [6, 6.07) is 2.79. The van der Waals surface area contributed by atoms with E-state index in [1.54, 1.807) is 0 Å². The molecule has 8 nitrogen and oxygen atoms in total. The average molecular weight is 442 g/mol. The van der Waals surface area contributed by atoms with E-state index in [0.29, 0.717) is 19.1 Å². The molecule has 158 valence electrons. The number of nitrogens with zero attached hydrogens (tertiary/aromatic N) is 2. The first-order valence-electron chi connectivity index (χ1n) is 9.40. The van der Waals surface area contributed by atoms with Crippen LogP contribution in [0.2, 0.25) is 0 Å². The van der Waals surface area contributed by atoms with Crippen LogP contribution in [-0.4, -0.2) is 45.3 Å². The van der Waals surface area contributed by atoms with Crippen LogP contribution >= 0.6 is 0 Å². The topological polar surface area (TPSA) is 101 Å². The number of aromatic hydroxyl groups is 1. The summed E-state index contributed by atoms with van der Waals surface area (Å²) in [5, 5.41) is 12.7. The number of benzene rings is 1. The second-order valence-corrected chi connectivity index (χ2v) is 7.32. The normalized spacial score (nSPS) is 19.8. The zero-order chi connectivity index (χ0) is 21.6. The maximum absolute atomic E-state index is 13.8. The maximum Gasteiger partial charge on any atom is 1.00 e. The van der Waals surface area contributed by atoms with Crippen molar-refractivity contribution < 1.29 is 57.8 Å². The van der Waals surface area contributed by atoms with Gasteiger partial charge >= 0.3 is 29.6 Å². The molecule has 0 spiro atoms. The minimum absolute atomic E-state index is 0. The number of aromatic nitrogens is 1. The molecule has 2 aliphatic rings.